The van der Waals surface area contributed by atoms with Crippen LogP contribution in [0.3, 0.4) is 0 Å². The van der Waals surface area contributed by atoms with E-state index in [2.05, 4.69) is 38.5 Å². The Kier molecular flexibility index (Phi) is 8.33. The van der Waals surface area contributed by atoms with E-state index in [1.807, 2.05) is 73.7 Å². The first kappa shape index (κ1) is 24.8. The molecule has 0 unspecified atom stereocenters. The third-order valence-corrected chi connectivity index (χ3v) is 7.16. The molecular weight excluding hydrogens is 629 g/mol. The molecule has 0 bridgehead atoms. The monoisotopic (exact) mass is 649 g/mol. The van der Waals surface area contributed by atoms with Gasteiger partial charge in [-0.2, -0.15) is 0 Å². The summed E-state index contributed by atoms with van der Waals surface area (Å²) in [6.45, 7) is 3.04. The third-order valence-electron chi connectivity index (χ3n) is 5.00. The standard InChI is InChI=1S/C26H21BrINO4S/c1-2-32-23-13-19(7-12-22(23)33-16-18-3-8-20(27)9-4-18)14-24-25(30)29(26(31)34-24)15-17-5-10-21(28)11-6-17/h3-14H,2,15-16H2,1H3/b24-14-. The number of amides is 2. The number of benzene rings is 3. The molecule has 0 spiro atoms. The van der Waals surface area contributed by atoms with E-state index in [0.717, 1.165) is 36.5 Å². The van der Waals surface area contributed by atoms with E-state index in [1.54, 1.807) is 6.08 Å². The number of imide groups is 1. The first-order valence-electron chi connectivity index (χ1n) is 10.6. The molecule has 3 aromatic rings. The Morgan fingerprint density at radius 1 is 0.941 bits per heavy atom. The van der Waals surface area contributed by atoms with E-state index in [0.29, 0.717) is 29.6 Å². The SMILES string of the molecule is CCOc1cc(/C=C2\SC(=O)N(Cc3ccc(I)cc3)C2=O)ccc1OCc1ccc(Br)cc1. The zero-order valence-electron chi connectivity index (χ0n) is 18.3. The lowest BCUT2D eigenvalue weighted by Crippen LogP contribution is -2.27. The van der Waals surface area contributed by atoms with Gasteiger partial charge in [0.25, 0.3) is 11.1 Å². The van der Waals surface area contributed by atoms with Crippen LogP contribution in [0, 0.1) is 3.57 Å². The number of carbonyl (C=O) groups is 2. The molecule has 0 radical (unpaired) electrons. The maximum Gasteiger partial charge on any atom is 0.293 e. The van der Waals surface area contributed by atoms with E-state index in [-0.39, 0.29) is 17.7 Å². The van der Waals surface area contributed by atoms with Gasteiger partial charge in [-0.1, -0.05) is 46.3 Å². The van der Waals surface area contributed by atoms with Gasteiger partial charge in [0.2, 0.25) is 0 Å². The maximum atomic E-state index is 12.9. The Labute approximate surface area is 224 Å². The number of rotatable bonds is 8. The Morgan fingerprint density at radius 2 is 1.65 bits per heavy atom. The number of ether oxygens (including phenoxy) is 2. The largest absolute Gasteiger partial charge is 0.490 e. The molecule has 0 aliphatic carbocycles. The molecule has 0 saturated carbocycles. The predicted octanol–water partition coefficient (Wildman–Crippen LogP) is 7.27. The lowest BCUT2D eigenvalue weighted by Gasteiger charge is -2.13. The Bertz CT molecular complexity index is 1230. The van der Waals surface area contributed by atoms with Crippen molar-refractivity contribution in [1.82, 2.24) is 4.90 Å². The second kappa shape index (κ2) is 11.4. The molecule has 5 nitrogen and oxygen atoms in total. The van der Waals surface area contributed by atoms with Crippen LogP contribution in [0.2, 0.25) is 0 Å². The summed E-state index contributed by atoms with van der Waals surface area (Å²) in [6.07, 6.45) is 1.72. The van der Waals surface area contributed by atoms with Crippen LogP contribution in [-0.4, -0.2) is 22.7 Å². The fourth-order valence-electron chi connectivity index (χ4n) is 3.30. The minimum absolute atomic E-state index is 0.256. The quantitative estimate of drug-likeness (QED) is 0.190. The van der Waals surface area contributed by atoms with Crippen molar-refractivity contribution in [2.75, 3.05) is 6.61 Å². The van der Waals surface area contributed by atoms with E-state index in [1.165, 1.54) is 4.90 Å². The van der Waals surface area contributed by atoms with Crippen LogP contribution in [0.25, 0.3) is 6.08 Å². The predicted molar refractivity (Wildman–Crippen MR) is 147 cm³/mol. The molecule has 34 heavy (non-hydrogen) atoms. The molecule has 8 heteroatoms. The van der Waals surface area contributed by atoms with Crippen LogP contribution in [0.4, 0.5) is 4.79 Å². The highest BCUT2D eigenvalue weighted by molar-refractivity contribution is 14.1. The van der Waals surface area contributed by atoms with E-state index >= 15 is 0 Å². The number of nitrogens with zero attached hydrogens (tertiary/aromatic N) is 1. The second-order valence-electron chi connectivity index (χ2n) is 7.45. The molecule has 1 heterocycles. The average molecular weight is 650 g/mol. The van der Waals surface area contributed by atoms with Crippen molar-refractivity contribution in [3.63, 3.8) is 0 Å². The number of hydrogen-bond acceptors (Lipinski definition) is 5. The van der Waals surface area contributed by atoms with Crippen LogP contribution in [0.15, 0.2) is 76.1 Å². The summed E-state index contributed by atoms with van der Waals surface area (Å²) in [6, 6.07) is 21.2. The van der Waals surface area contributed by atoms with Crippen molar-refractivity contribution in [3.8, 4) is 11.5 Å². The number of thioether (sulfide) groups is 1. The summed E-state index contributed by atoms with van der Waals surface area (Å²) >= 11 is 6.61. The van der Waals surface area contributed by atoms with Crippen LogP contribution in [0.1, 0.15) is 23.6 Å². The van der Waals surface area contributed by atoms with E-state index in [9.17, 15) is 9.59 Å². The molecule has 0 atom stereocenters. The molecule has 4 rings (SSSR count). The van der Waals surface area contributed by atoms with Gasteiger partial charge in [-0.15, -0.1) is 0 Å². The lowest BCUT2D eigenvalue weighted by molar-refractivity contribution is -0.123. The zero-order valence-corrected chi connectivity index (χ0v) is 22.9. The number of hydrogen-bond donors (Lipinski definition) is 0. The van der Waals surface area contributed by atoms with Crippen molar-refractivity contribution in [2.24, 2.45) is 0 Å². The van der Waals surface area contributed by atoms with Crippen LogP contribution >= 0.6 is 50.3 Å². The first-order chi connectivity index (χ1) is 16.4. The Morgan fingerprint density at radius 3 is 2.35 bits per heavy atom. The minimum Gasteiger partial charge on any atom is -0.490 e. The summed E-state index contributed by atoms with van der Waals surface area (Å²) in [5, 5.41) is -0.269. The third kappa shape index (κ3) is 6.22. The number of halogens is 2. The molecule has 0 N–H and O–H groups in total. The van der Waals surface area contributed by atoms with E-state index in [4.69, 9.17) is 9.47 Å². The molecule has 3 aromatic carbocycles. The molecule has 1 aliphatic rings. The van der Waals surface area contributed by atoms with Crippen molar-refractivity contribution < 1.29 is 19.1 Å². The van der Waals surface area contributed by atoms with Gasteiger partial charge in [0, 0.05) is 8.04 Å². The van der Waals surface area contributed by atoms with E-state index < -0.39 is 0 Å². The average Bonchev–Trinajstić information content (AvgIpc) is 3.08. The molecule has 1 saturated heterocycles. The van der Waals surface area contributed by atoms with Crippen molar-refractivity contribution in [1.29, 1.82) is 0 Å². The Hall–Kier alpha value is -2.30. The van der Waals surface area contributed by atoms with Gasteiger partial charge >= 0.3 is 0 Å². The Balaban J connectivity index is 1.49. The molecule has 0 aromatic heterocycles. The van der Waals surface area contributed by atoms with Gasteiger partial charge in [-0.25, -0.2) is 0 Å². The van der Waals surface area contributed by atoms with Crippen molar-refractivity contribution in [3.05, 3.63) is 96.4 Å². The summed E-state index contributed by atoms with van der Waals surface area (Å²) in [5.74, 6) is 0.919. The molecule has 1 fully saturated rings. The van der Waals surface area contributed by atoms with Gasteiger partial charge in [-0.05, 0) is 100 Å². The summed E-state index contributed by atoms with van der Waals surface area (Å²) < 4.78 is 13.9. The molecule has 174 valence electrons. The van der Waals surface area contributed by atoms with Gasteiger partial charge in [0.1, 0.15) is 6.61 Å². The number of carbonyl (C=O) groups excluding carboxylic acids is 2. The van der Waals surface area contributed by atoms with Gasteiger partial charge in [-0.3, -0.25) is 14.5 Å². The highest BCUT2D eigenvalue weighted by atomic mass is 127. The second-order valence-corrected chi connectivity index (χ2v) is 10.6. The smallest absolute Gasteiger partial charge is 0.293 e. The van der Waals surface area contributed by atoms with Crippen LogP contribution < -0.4 is 9.47 Å². The van der Waals surface area contributed by atoms with Gasteiger partial charge < -0.3 is 9.47 Å². The highest BCUT2D eigenvalue weighted by Gasteiger charge is 2.35. The van der Waals surface area contributed by atoms with Gasteiger partial charge in [0.15, 0.2) is 11.5 Å². The zero-order chi connectivity index (χ0) is 24.1. The molecular formula is C26H21BrINO4S. The fraction of sp³-hybridized carbons (Fsp3) is 0.154. The topological polar surface area (TPSA) is 55.8 Å². The minimum atomic E-state index is -0.290. The first-order valence-corrected chi connectivity index (χ1v) is 13.3. The normalized spacial score (nSPS) is 14.7. The molecule has 1 aliphatic heterocycles. The lowest BCUT2D eigenvalue weighted by atomic mass is 10.1. The van der Waals surface area contributed by atoms with Crippen LogP contribution in [-0.2, 0) is 17.9 Å². The highest BCUT2D eigenvalue weighted by Crippen LogP contribution is 2.35. The maximum absolute atomic E-state index is 12.9. The summed E-state index contributed by atoms with van der Waals surface area (Å²) in [7, 11) is 0. The van der Waals surface area contributed by atoms with Gasteiger partial charge in [0.05, 0.1) is 18.1 Å². The molecule has 2 amide bonds. The fourth-order valence-corrected chi connectivity index (χ4v) is 4.77. The van der Waals surface area contributed by atoms with Crippen LogP contribution in [0.5, 0.6) is 11.5 Å². The van der Waals surface area contributed by atoms with Crippen molar-refractivity contribution >= 4 is 67.5 Å². The van der Waals surface area contributed by atoms with Crippen molar-refractivity contribution in [2.45, 2.75) is 20.1 Å². The summed E-state index contributed by atoms with van der Waals surface area (Å²) in [5.41, 5.74) is 2.71. The summed E-state index contributed by atoms with van der Waals surface area (Å²) in [4.78, 5) is 27.1.